The van der Waals surface area contributed by atoms with Crippen molar-refractivity contribution >= 4 is 23.6 Å². The zero-order valence-corrected chi connectivity index (χ0v) is 12.5. The molecule has 1 aliphatic rings. The highest BCUT2D eigenvalue weighted by molar-refractivity contribution is 6.31. The Morgan fingerprint density at radius 3 is 3.05 bits per heavy atom. The Balaban J connectivity index is 1.73. The zero-order valence-electron chi connectivity index (χ0n) is 11.8. The summed E-state index contributed by atoms with van der Waals surface area (Å²) in [5, 5.41) is 9.95. The number of carbonyl (C=O) groups is 1. The van der Waals surface area contributed by atoms with E-state index >= 15 is 0 Å². The number of phenols is 1. The fourth-order valence-electron chi connectivity index (χ4n) is 2.58. The van der Waals surface area contributed by atoms with Crippen LogP contribution in [-0.4, -0.2) is 35.6 Å². The van der Waals surface area contributed by atoms with Crippen molar-refractivity contribution in [2.75, 3.05) is 18.0 Å². The molecular formula is C16H15ClN2O3. The molecule has 1 aromatic carbocycles. The summed E-state index contributed by atoms with van der Waals surface area (Å²) in [6.45, 7) is 1.40. The van der Waals surface area contributed by atoms with Crippen molar-refractivity contribution in [3.63, 3.8) is 0 Å². The second-order valence-corrected chi connectivity index (χ2v) is 5.53. The molecule has 1 aliphatic heterocycles. The monoisotopic (exact) mass is 318 g/mol. The van der Waals surface area contributed by atoms with Crippen LogP contribution in [0.4, 0.5) is 5.69 Å². The minimum atomic E-state index is -0.0410. The highest BCUT2D eigenvalue weighted by Gasteiger charge is 2.26. The zero-order chi connectivity index (χ0) is 15.5. The van der Waals surface area contributed by atoms with Gasteiger partial charge >= 0.3 is 0 Å². The van der Waals surface area contributed by atoms with Crippen molar-refractivity contribution in [1.29, 1.82) is 0 Å². The van der Waals surface area contributed by atoms with E-state index in [4.69, 9.17) is 16.3 Å². The molecule has 1 fully saturated rings. The van der Waals surface area contributed by atoms with E-state index in [9.17, 15) is 9.90 Å². The summed E-state index contributed by atoms with van der Waals surface area (Å²) in [7, 11) is 0. The Morgan fingerprint density at radius 2 is 2.27 bits per heavy atom. The summed E-state index contributed by atoms with van der Waals surface area (Å²) < 4.78 is 5.83. The predicted octanol–water partition coefficient (Wildman–Crippen LogP) is 2.91. The van der Waals surface area contributed by atoms with Crippen LogP contribution in [0.15, 0.2) is 36.5 Å². The Kier molecular flexibility index (Phi) is 4.15. The highest BCUT2D eigenvalue weighted by atomic mass is 35.5. The lowest BCUT2D eigenvalue weighted by Crippen LogP contribution is -2.25. The SMILES string of the molecule is O=Cc1cc(O)ccc1N1CCC(Oc2ncccc2Cl)C1. The summed E-state index contributed by atoms with van der Waals surface area (Å²) >= 11 is 6.05. The van der Waals surface area contributed by atoms with Crippen molar-refractivity contribution in [2.45, 2.75) is 12.5 Å². The van der Waals surface area contributed by atoms with E-state index < -0.39 is 0 Å². The summed E-state index contributed by atoms with van der Waals surface area (Å²) in [5.74, 6) is 0.510. The van der Waals surface area contributed by atoms with Crippen molar-refractivity contribution in [2.24, 2.45) is 0 Å². The summed E-state index contributed by atoms with van der Waals surface area (Å²) in [6, 6.07) is 8.28. The molecule has 2 aromatic rings. The molecule has 22 heavy (non-hydrogen) atoms. The van der Waals surface area contributed by atoms with Gasteiger partial charge in [-0.1, -0.05) is 11.6 Å². The largest absolute Gasteiger partial charge is 0.508 e. The maximum absolute atomic E-state index is 11.2. The van der Waals surface area contributed by atoms with Gasteiger partial charge in [0.1, 0.15) is 16.9 Å². The number of benzene rings is 1. The van der Waals surface area contributed by atoms with E-state index in [0.29, 0.717) is 23.0 Å². The van der Waals surface area contributed by atoms with Gasteiger partial charge in [-0.05, 0) is 30.3 Å². The average molecular weight is 319 g/mol. The first-order valence-corrected chi connectivity index (χ1v) is 7.35. The number of nitrogens with zero attached hydrogens (tertiary/aromatic N) is 2. The quantitative estimate of drug-likeness (QED) is 0.878. The lowest BCUT2D eigenvalue weighted by molar-refractivity contribution is 0.112. The first-order chi connectivity index (χ1) is 10.7. The van der Waals surface area contributed by atoms with Gasteiger partial charge in [-0.15, -0.1) is 0 Å². The third-order valence-electron chi connectivity index (χ3n) is 3.63. The lowest BCUT2D eigenvalue weighted by Gasteiger charge is -2.20. The molecule has 1 aromatic heterocycles. The molecule has 3 rings (SSSR count). The summed E-state index contributed by atoms with van der Waals surface area (Å²) in [6.07, 6.45) is 3.16. The first-order valence-electron chi connectivity index (χ1n) is 6.97. The number of hydrogen-bond donors (Lipinski definition) is 1. The van der Waals surface area contributed by atoms with Gasteiger partial charge in [-0.25, -0.2) is 4.98 Å². The van der Waals surface area contributed by atoms with Crippen LogP contribution in [0.2, 0.25) is 5.02 Å². The van der Waals surface area contributed by atoms with Gasteiger partial charge < -0.3 is 14.7 Å². The molecular weight excluding hydrogens is 304 g/mol. The van der Waals surface area contributed by atoms with Crippen LogP contribution in [0.3, 0.4) is 0 Å². The minimum Gasteiger partial charge on any atom is -0.508 e. The minimum absolute atomic E-state index is 0.0410. The fraction of sp³-hybridized carbons (Fsp3) is 0.250. The summed E-state index contributed by atoms with van der Waals surface area (Å²) in [4.78, 5) is 17.3. The number of aromatic nitrogens is 1. The van der Waals surface area contributed by atoms with Crippen molar-refractivity contribution in [1.82, 2.24) is 4.98 Å². The number of anilines is 1. The van der Waals surface area contributed by atoms with Gasteiger partial charge in [-0.2, -0.15) is 0 Å². The van der Waals surface area contributed by atoms with E-state index in [2.05, 4.69) is 9.88 Å². The smallest absolute Gasteiger partial charge is 0.232 e. The molecule has 0 spiro atoms. The van der Waals surface area contributed by atoms with Crippen LogP contribution in [0.5, 0.6) is 11.6 Å². The number of phenolic OH excluding ortho intramolecular Hbond substituents is 1. The van der Waals surface area contributed by atoms with Gasteiger partial charge in [0.15, 0.2) is 6.29 Å². The van der Waals surface area contributed by atoms with Crippen molar-refractivity contribution in [3.8, 4) is 11.6 Å². The molecule has 0 radical (unpaired) electrons. The first kappa shape index (κ1) is 14.7. The van der Waals surface area contributed by atoms with Gasteiger partial charge in [0.05, 0.1) is 6.54 Å². The van der Waals surface area contributed by atoms with Crippen LogP contribution < -0.4 is 9.64 Å². The third-order valence-corrected chi connectivity index (χ3v) is 3.91. The van der Waals surface area contributed by atoms with Crippen molar-refractivity contribution in [3.05, 3.63) is 47.1 Å². The fourth-order valence-corrected chi connectivity index (χ4v) is 2.75. The Bertz CT molecular complexity index is 693. The van der Waals surface area contributed by atoms with Crippen LogP contribution in [0, 0.1) is 0 Å². The third kappa shape index (κ3) is 2.99. The van der Waals surface area contributed by atoms with Crippen LogP contribution in [0.25, 0.3) is 0 Å². The molecule has 1 atom stereocenters. The van der Waals surface area contributed by atoms with Gasteiger partial charge in [0, 0.05) is 30.4 Å². The number of halogens is 1. The van der Waals surface area contributed by atoms with Crippen LogP contribution in [0.1, 0.15) is 16.8 Å². The molecule has 1 unspecified atom stereocenters. The molecule has 0 saturated carbocycles. The van der Waals surface area contributed by atoms with E-state index in [1.807, 2.05) is 0 Å². The molecule has 5 nitrogen and oxygen atoms in total. The Hall–Kier alpha value is -2.27. The number of pyridine rings is 1. The van der Waals surface area contributed by atoms with Gasteiger partial charge in [0.25, 0.3) is 0 Å². The predicted molar refractivity (Wildman–Crippen MR) is 84.0 cm³/mol. The maximum atomic E-state index is 11.2. The molecule has 2 heterocycles. The van der Waals surface area contributed by atoms with E-state index in [-0.39, 0.29) is 11.9 Å². The second-order valence-electron chi connectivity index (χ2n) is 5.13. The van der Waals surface area contributed by atoms with Crippen molar-refractivity contribution < 1.29 is 14.6 Å². The normalized spacial score (nSPS) is 17.5. The van der Waals surface area contributed by atoms with E-state index in [1.165, 1.54) is 6.07 Å². The number of carbonyl (C=O) groups excluding carboxylic acids is 1. The number of aldehydes is 1. The number of rotatable bonds is 4. The summed E-state index contributed by atoms with van der Waals surface area (Å²) in [5.41, 5.74) is 1.27. The van der Waals surface area contributed by atoms with Gasteiger partial charge in [0.2, 0.25) is 5.88 Å². The molecule has 114 valence electrons. The van der Waals surface area contributed by atoms with Crippen LogP contribution >= 0.6 is 11.6 Å². The van der Waals surface area contributed by atoms with E-state index in [1.54, 1.807) is 30.5 Å². The topological polar surface area (TPSA) is 62.7 Å². The molecule has 1 saturated heterocycles. The standard InChI is InChI=1S/C16H15ClN2O3/c17-14-2-1-6-18-16(14)22-13-5-7-19(9-13)15-4-3-12(21)8-11(15)10-20/h1-4,6,8,10,13,21H,5,7,9H2. The number of ether oxygens (including phenoxy) is 1. The molecule has 0 amide bonds. The lowest BCUT2D eigenvalue weighted by atomic mass is 10.1. The molecule has 1 N–H and O–H groups in total. The Labute approximate surface area is 133 Å². The van der Waals surface area contributed by atoms with Crippen LogP contribution in [-0.2, 0) is 0 Å². The number of aromatic hydroxyl groups is 1. The number of hydrogen-bond acceptors (Lipinski definition) is 5. The molecule has 0 bridgehead atoms. The van der Waals surface area contributed by atoms with Gasteiger partial charge in [-0.3, -0.25) is 4.79 Å². The maximum Gasteiger partial charge on any atom is 0.232 e. The highest BCUT2D eigenvalue weighted by Crippen LogP contribution is 2.29. The Morgan fingerprint density at radius 1 is 1.41 bits per heavy atom. The van der Waals surface area contributed by atoms with E-state index in [0.717, 1.165) is 24.9 Å². The molecule has 6 heteroatoms. The molecule has 0 aliphatic carbocycles. The second kappa shape index (κ2) is 6.23. The average Bonchev–Trinajstić information content (AvgIpc) is 2.98.